The summed E-state index contributed by atoms with van der Waals surface area (Å²) in [6.07, 6.45) is 0. The number of nitrogens with one attached hydrogen (secondary N) is 1. The third kappa shape index (κ3) is 2.39. The highest BCUT2D eigenvalue weighted by Gasteiger charge is 2.37. The van der Waals surface area contributed by atoms with Crippen molar-refractivity contribution in [2.24, 2.45) is 5.41 Å². The SMILES string of the molecule is Cc1ccc(NCC2(CO)COC2)c(Br)c1. The summed E-state index contributed by atoms with van der Waals surface area (Å²) >= 11 is 3.52. The molecule has 88 valence electrons. The zero-order valence-electron chi connectivity index (χ0n) is 9.29. The maximum Gasteiger partial charge on any atom is 0.0584 e. The Bertz CT molecular complexity index is 372. The van der Waals surface area contributed by atoms with Crippen LogP contribution in [0.3, 0.4) is 0 Å². The first-order valence-corrected chi connectivity index (χ1v) is 6.13. The first-order chi connectivity index (χ1) is 7.65. The molecule has 2 N–H and O–H groups in total. The largest absolute Gasteiger partial charge is 0.396 e. The molecule has 1 aromatic carbocycles. The van der Waals surface area contributed by atoms with Gasteiger partial charge in [-0.05, 0) is 40.5 Å². The number of benzene rings is 1. The monoisotopic (exact) mass is 285 g/mol. The average molecular weight is 286 g/mol. The zero-order valence-corrected chi connectivity index (χ0v) is 10.9. The van der Waals surface area contributed by atoms with Crippen LogP contribution in [0.1, 0.15) is 5.56 Å². The van der Waals surface area contributed by atoms with E-state index >= 15 is 0 Å². The summed E-state index contributed by atoms with van der Waals surface area (Å²) in [5.41, 5.74) is 2.19. The quantitative estimate of drug-likeness (QED) is 0.891. The molecule has 1 aliphatic heterocycles. The first-order valence-electron chi connectivity index (χ1n) is 5.34. The van der Waals surface area contributed by atoms with E-state index in [-0.39, 0.29) is 12.0 Å². The van der Waals surface area contributed by atoms with E-state index in [0.29, 0.717) is 13.2 Å². The van der Waals surface area contributed by atoms with Crippen molar-refractivity contribution in [1.29, 1.82) is 0 Å². The van der Waals surface area contributed by atoms with Gasteiger partial charge < -0.3 is 15.2 Å². The van der Waals surface area contributed by atoms with Crippen LogP contribution in [0.4, 0.5) is 5.69 Å². The molecule has 1 aliphatic rings. The Morgan fingerprint density at radius 3 is 2.75 bits per heavy atom. The molecule has 2 rings (SSSR count). The molecule has 0 spiro atoms. The molecule has 1 fully saturated rings. The number of rotatable bonds is 4. The van der Waals surface area contributed by atoms with Gasteiger partial charge in [-0.3, -0.25) is 0 Å². The number of anilines is 1. The van der Waals surface area contributed by atoms with E-state index in [4.69, 9.17) is 4.74 Å². The predicted molar refractivity (Wildman–Crippen MR) is 67.7 cm³/mol. The third-order valence-corrected chi connectivity index (χ3v) is 3.59. The molecule has 1 heterocycles. The maximum atomic E-state index is 9.30. The lowest BCUT2D eigenvalue weighted by atomic mass is 9.87. The molecule has 0 amide bonds. The van der Waals surface area contributed by atoms with Crippen LogP contribution in [0.15, 0.2) is 22.7 Å². The minimum atomic E-state index is -0.0929. The second-order valence-electron chi connectivity index (χ2n) is 4.49. The van der Waals surface area contributed by atoms with Crippen molar-refractivity contribution in [2.75, 3.05) is 31.7 Å². The Labute approximate surface area is 104 Å². The smallest absolute Gasteiger partial charge is 0.0584 e. The van der Waals surface area contributed by atoms with Crippen molar-refractivity contribution < 1.29 is 9.84 Å². The van der Waals surface area contributed by atoms with Gasteiger partial charge >= 0.3 is 0 Å². The lowest BCUT2D eigenvalue weighted by molar-refractivity contribution is -0.128. The van der Waals surface area contributed by atoms with Crippen LogP contribution in [0.5, 0.6) is 0 Å². The Kier molecular flexibility index (Phi) is 3.52. The summed E-state index contributed by atoms with van der Waals surface area (Å²) in [6.45, 7) is 4.25. The molecule has 1 saturated heterocycles. The van der Waals surface area contributed by atoms with E-state index in [0.717, 1.165) is 16.7 Å². The van der Waals surface area contributed by atoms with E-state index < -0.39 is 0 Å². The molecule has 0 aromatic heterocycles. The first kappa shape index (κ1) is 11.9. The summed E-state index contributed by atoms with van der Waals surface area (Å²) in [5.74, 6) is 0. The fraction of sp³-hybridized carbons (Fsp3) is 0.500. The lowest BCUT2D eigenvalue weighted by Gasteiger charge is -2.40. The van der Waals surface area contributed by atoms with Crippen molar-refractivity contribution >= 4 is 21.6 Å². The number of hydrogen-bond donors (Lipinski definition) is 2. The highest BCUT2D eigenvalue weighted by atomic mass is 79.9. The van der Waals surface area contributed by atoms with Crippen molar-refractivity contribution in [1.82, 2.24) is 0 Å². The van der Waals surface area contributed by atoms with Crippen LogP contribution < -0.4 is 5.32 Å². The lowest BCUT2D eigenvalue weighted by Crippen LogP contribution is -2.50. The van der Waals surface area contributed by atoms with Gasteiger partial charge in [-0.2, -0.15) is 0 Å². The number of hydrogen-bond acceptors (Lipinski definition) is 3. The number of aryl methyl sites for hydroxylation is 1. The fourth-order valence-electron chi connectivity index (χ4n) is 1.69. The van der Waals surface area contributed by atoms with Gasteiger partial charge in [-0.15, -0.1) is 0 Å². The molecule has 0 saturated carbocycles. The topological polar surface area (TPSA) is 41.5 Å². The van der Waals surface area contributed by atoms with Gasteiger partial charge in [-0.25, -0.2) is 0 Å². The minimum absolute atomic E-state index is 0.0929. The van der Waals surface area contributed by atoms with Gasteiger partial charge in [0.15, 0.2) is 0 Å². The van der Waals surface area contributed by atoms with Crippen LogP contribution in [0, 0.1) is 12.3 Å². The molecular weight excluding hydrogens is 270 g/mol. The van der Waals surface area contributed by atoms with E-state index in [1.165, 1.54) is 5.56 Å². The summed E-state index contributed by atoms with van der Waals surface area (Å²) in [5, 5.41) is 12.6. The maximum absolute atomic E-state index is 9.30. The Morgan fingerprint density at radius 1 is 1.50 bits per heavy atom. The molecule has 3 nitrogen and oxygen atoms in total. The minimum Gasteiger partial charge on any atom is -0.396 e. The second kappa shape index (κ2) is 4.73. The van der Waals surface area contributed by atoms with E-state index in [1.54, 1.807) is 0 Å². The van der Waals surface area contributed by atoms with Gasteiger partial charge in [0.05, 0.1) is 25.2 Å². The van der Waals surface area contributed by atoms with Gasteiger partial charge in [0.25, 0.3) is 0 Å². The van der Waals surface area contributed by atoms with Crippen LogP contribution in [0.2, 0.25) is 0 Å². The average Bonchev–Trinajstić information content (AvgIpc) is 2.19. The Morgan fingerprint density at radius 2 is 2.25 bits per heavy atom. The molecule has 1 aromatic rings. The highest BCUT2D eigenvalue weighted by molar-refractivity contribution is 9.10. The molecule has 0 bridgehead atoms. The van der Waals surface area contributed by atoms with Crippen molar-refractivity contribution in [3.8, 4) is 0 Å². The van der Waals surface area contributed by atoms with E-state index in [2.05, 4.69) is 40.3 Å². The van der Waals surface area contributed by atoms with E-state index in [9.17, 15) is 5.11 Å². The van der Waals surface area contributed by atoms with Gasteiger partial charge in [0.1, 0.15) is 0 Å². The van der Waals surface area contributed by atoms with Crippen LogP contribution in [-0.2, 0) is 4.74 Å². The Balaban J connectivity index is 1.99. The van der Waals surface area contributed by atoms with Crippen LogP contribution in [0.25, 0.3) is 0 Å². The van der Waals surface area contributed by atoms with Crippen molar-refractivity contribution in [3.63, 3.8) is 0 Å². The molecule has 0 unspecified atom stereocenters. The molecule has 0 radical (unpaired) electrons. The zero-order chi connectivity index (χ0) is 11.6. The predicted octanol–water partition coefficient (Wildman–Crippen LogP) is 2.18. The van der Waals surface area contributed by atoms with Gasteiger partial charge in [-0.1, -0.05) is 6.07 Å². The van der Waals surface area contributed by atoms with Crippen molar-refractivity contribution in [2.45, 2.75) is 6.92 Å². The summed E-state index contributed by atoms with van der Waals surface area (Å²) in [4.78, 5) is 0. The van der Waals surface area contributed by atoms with Crippen LogP contribution in [-0.4, -0.2) is 31.5 Å². The standard InChI is InChI=1S/C12H16BrNO2/c1-9-2-3-11(10(13)4-9)14-5-12(6-15)7-16-8-12/h2-4,14-15H,5-8H2,1H3. The Hall–Kier alpha value is -0.580. The van der Waals surface area contributed by atoms with Crippen LogP contribution >= 0.6 is 15.9 Å². The van der Waals surface area contributed by atoms with Gasteiger partial charge in [0, 0.05) is 16.7 Å². The highest BCUT2D eigenvalue weighted by Crippen LogP contribution is 2.29. The summed E-state index contributed by atoms with van der Waals surface area (Å²) < 4.78 is 6.21. The molecule has 16 heavy (non-hydrogen) atoms. The molecule has 0 aliphatic carbocycles. The number of ether oxygens (including phenoxy) is 1. The number of aliphatic hydroxyl groups is 1. The summed E-state index contributed by atoms with van der Waals surface area (Å²) in [6, 6.07) is 6.19. The molecule has 0 atom stereocenters. The normalized spacial score (nSPS) is 17.9. The fourth-order valence-corrected chi connectivity index (χ4v) is 2.32. The van der Waals surface area contributed by atoms with E-state index in [1.807, 2.05) is 6.07 Å². The van der Waals surface area contributed by atoms with Gasteiger partial charge in [0.2, 0.25) is 0 Å². The number of aliphatic hydroxyl groups excluding tert-OH is 1. The molecule has 4 heteroatoms. The van der Waals surface area contributed by atoms with Crippen molar-refractivity contribution in [3.05, 3.63) is 28.2 Å². The summed E-state index contributed by atoms with van der Waals surface area (Å²) in [7, 11) is 0. The third-order valence-electron chi connectivity index (χ3n) is 2.93. The number of halogens is 1. The second-order valence-corrected chi connectivity index (χ2v) is 5.34. The molecular formula is C12H16BrNO2.